The Balaban J connectivity index is 1.56. The summed E-state index contributed by atoms with van der Waals surface area (Å²) in [7, 11) is -3.90. The molecule has 1 saturated heterocycles. The fourth-order valence-corrected chi connectivity index (χ4v) is 8.95. The molecule has 2 aliphatic carbocycles. The summed E-state index contributed by atoms with van der Waals surface area (Å²) in [5, 5.41) is 3.25. The number of hydrogen-bond donors (Lipinski definition) is 1. The molecule has 1 N–H and O–H groups in total. The van der Waals surface area contributed by atoms with Crippen LogP contribution in [0.15, 0.2) is 27.6 Å². The molecule has 0 aromatic heterocycles. The molecule has 2 saturated carbocycles. The second-order valence-corrected chi connectivity index (χ2v) is 13.7. The molecule has 34 heavy (non-hydrogen) atoms. The molecule has 0 spiro atoms. The quantitative estimate of drug-likeness (QED) is 0.527. The molecule has 9 heteroatoms. The van der Waals surface area contributed by atoms with Gasteiger partial charge >= 0.3 is 5.97 Å². The molecule has 2 unspecified atom stereocenters. The van der Waals surface area contributed by atoms with Crippen molar-refractivity contribution in [2.24, 2.45) is 22.7 Å². The minimum atomic E-state index is -3.90. The maximum atomic E-state index is 13.5. The average molecular weight is 556 g/mol. The number of amides is 1. The number of nitrogens with one attached hydrogen (secondary N) is 1. The number of fused-ring (bicyclic) bond motifs is 2. The van der Waals surface area contributed by atoms with Crippen LogP contribution < -0.4 is 5.32 Å². The third kappa shape index (κ3) is 4.44. The number of ether oxygens (including phenoxy) is 1. The molecule has 2 bridgehead atoms. The van der Waals surface area contributed by atoms with Gasteiger partial charge in [0.2, 0.25) is 10.0 Å². The molecule has 1 amide bonds. The number of carbonyl (C=O) groups excluding carboxylic acids is 2. The van der Waals surface area contributed by atoms with Crippen LogP contribution in [0.4, 0.5) is 0 Å². The summed E-state index contributed by atoms with van der Waals surface area (Å²) in [6.45, 7) is 9.11. The molecule has 188 valence electrons. The van der Waals surface area contributed by atoms with Crippen molar-refractivity contribution in [3.63, 3.8) is 0 Å². The van der Waals surface area contributed by atoms with Gasteiger partial charge in [0.25, 0.3) is 5.91 Å². The number of esters is 1. The summed E-state index contributed by atoms with van der Waals surface area (Å²) in [4.78, 5) is 25.5. The zero-order valence-corrected chi connectivity index (χ0v) is 22.8. The van der Waals surface area contributed by atoms with Crippen LogP contribution in [-0.4, -0.2) is 50.3 Å². The normalized spacial score (nSPS) is 30.8. The first kappa shape index (κ1) is 25.6. The molecular formula is C25H35BrN2O5S. The highest BCUT2D eigenvalue weighted by molar-refractivity contribution is 9.10. The van der Waals surface area contributed by atoms with Gasteiger partial charge in [-0.25, -0.2) is 8.42 Å². The summed E-state index contributed by atoms with van der Waals surface area (Å²) in [5.74, 6) is -0.500. The highest BCUT2D eigenvalue weighted by atomic mass is 79.9. The largest absolute Gasteiger partial charge is 0.466 e. The van der Waals surface area contributed by atoms with Crippen LogP contribution in [0.5, 0.6) is 0 Å². The van der Waals surface area contributed by atoms with Gasteiger partial charge < -0.3 is 10.1 Å². The van der Waals surface area contributed by atoms with Crippen LogP contribution in [0.2, 0.25) is 0 Å². The van der Waals surface area contributed by atoms with Crippen molar-refractivity contribution in [1.29, 1.82) is 0 Å². The second kappa shape index (κ2) is 9.21. The first-order chi connectivity index (χ1) is 15.9. The van der Waals surface area contributed by atoms with Gasteiger partial charge in [0.1, 0.15) is 0 Å². The molecule has 3 aliphatic rings. The van der Waals surface area contributed by atoms with Gasteiger partial charge in [-0.3, -0.25) is 9.59 Å². The van der Waals surface area contributed by atoms with E-state index in [2.05, 4.69) is 42.0 Å². The Kier molecular flexibility index (Phi) is 6.94. The molecule has 1 aromatic rings. The molecule has 1 heterocycles. The number of nitrogens with zero attached hydrogens (tertiary/aromatic N) is 1. The molecule has 1 aromatic carbocycles. The van der Waals surface area contributed by atoms with E-state index < -0.39 is 15.9 Å². The van der Waals surface area contributed by atoms with Crippen molar-refractivity contribution in [2.75, 3.05) is 19.7 Å². The van der Waals surface area contributed by atoms with Gasteiger partial charge in [-0.15, -0.1) is 0 Å². The summed E-state index contributed by atoms with van der Waals surface area (Å²) in [5.41, 5.74) is 0.398. The first-order valence-electron chi connectivity index (χ1n) is 12.2. The van der Waals surface area contributed by atoms with Crippen molar-refractivity contribution in [1.82, 2.24) is 9.62 Å². The first-order valence-corrected chi connectivity index (χ1v) is 14.4. The van der Waals surface area contributed by atoms with Crippen LogP contribution in [-0.2, 0) is 19.6 Å². The Morgan fingerprint density at radius 3 is 2.62 bits per heavy atom. The fraction of sp³-hybridized carbons (Fsp3) is 0.680. The molecule has 4 atom stereocenters. The van der Waals surface area contributed by atoms with Crippen molar-refractivity contribution in [2.45, 2.75) is 70.7 Å². The third-order valence-corrected chi connectivity index (χ3v) is 11.2. The maximum Gasteiger partial charge on any atom is 0.310 e. The number of hydrogen-bond acceptors (Lipinski definition) is 5. The number of piperidine rings is 1. The van der Waals surface area contributed by atoms with Crippen molar-refractivity contribution < 1.29 is 22.7 Å². The molecule has 0 radical (unpaired) electrons. The monoisotopic (exact) mass is 554 g/mol. The van der Waals surface area contributed by atoms with E-state index >= 15 is 0 Å². The van der Waals surface area contributed by atoms with E-state index in [4.69, 9.17) is 4.74 Å². The van der Waals surface area contributed by atoms with Crippen LogP contribution >= 0.6 is 15.9 Å². The topological polar surface area (TPSA) is 92.8 Å². The molecular weight excluding hydrogens is 520 g/mol. The number of carbonyl (C=O) groups is 2. The lowest BCUT2D eigenvalue weighted by Crippen LogP contribution is -2.52. The van der Waals surface area contributed by atoms with Crippen molar-refractivity contribution >= 4 is 37.8 Å². The predicted octanol–water partition coefficient (Wildman–Crippen LogP) is 4.36. The highest BCUT2D eigenvalue weighted by Gasteiger charge is 2.59. The lowest BCUT2D eigenvalue weighted by atomic mass is 9.68. The van der Waals surface area contributed by atoms with Crippen LogP contribution in [0, 0.1) is 22.7 Å². The summed E-state index contributed by atoms with van der Waals surface area (Å²) < 4.78 is 33.9. The standard InChI is InChI=1S/C25H35BrN2O5S/c1-5-33-22(30)17-7-6-12-28(15-17)34(31,32)20-13-16(8-9-19(20)26)21(29)27-23-24(2,3)18-10-11-25(23,4)14-18/h8-9,13,17-18,23H,5-7,10-12,14-15H2,1-4H3,(H,27,29)/t17?,18-,23?,25-/m0/s1. The van der Waals surface area contributed by atoms with E-state index in [-0.39, 0.29) is 46.8 Å². The molecule has 4 rings (SSSR count). The van der Waals surface area contributed by atoms with E-state index in [1.807, 2.05) is 0 Å². The Morgan fingerprint density at radius 2 is 1.97 bits per heavy atom. The Hall–Kier alpha value is -1.45. The lowest BCUT2D eigenvalue weighted by molar-refractivity contribution is -0.149. The van der Waals surface area contributed by atoms with Crippen molar-refractivity contribution in [3.05, 3.63) is 28.2 Å². The van der Waals surface area contributed by atoms with Gasteiger partial charge in [0.15, 0.2) is 0 Å². The summed E-state index contributed by atoms with van der Waals surface area (Å²) in [6, 6.07) is 4.76. The predicted molar refractivity (Wildman–Crippen MR) is 133 cm³/mol. The Bertz CT molecular complexity index is 1080. The van der Waals surface area contributed by atoms with Gasteiger partial charge in [-0.1, -0.05) is 20.8 Å². The van der Waals surface area contributed by atoms with Gasteiger partial charge in [-0.2, -0.15) is 4.31 Å². The molecule has 1 aliphatic heterocycles. The number of sulfonamides is 1. The van der Waals surface area contributed by atoms with E-state index in [0.29, 0.717) is 35.3 Å². The minimum absolute atomic E-state index is 0.00282. The van der Waals surface area contributed by atoms with E-state index in [1.54, 1.807) is 19.1 Å². The second-order valence-electron chi connectivity index (χ2n) is 10.9. The van der Waals surface area contributed by atoms with Crippen LogP contribution in [0.25, 0.3) is 0 Å². The number of halogens is 1. The molecule has 3 fully saturated rings. The fourth-order valence-electron chi connectivity index (χ4n) is 6.47. The SMILES string of the molecule is CCOC(=O)C1CCCN(S(=O)(=O)c2cc(C(=O)NC3C(C)(C)[C@H]4CC[C@@]3(C)C4)ccc2Br)C1. The lowest BCUT2D eigenvalue weighted by Gasteiger charge is -2.43. The van der Waals surface area contributed by atoms with Gasteiger partial charge in [0.05, 0.1) is 17.4 Å². The van der Waals surface area contributed by atoms with Crippen LogP contribution in [0.1, 0.15) is 70.2 Å². The number of rotatable bonds is 6. The Labute approximate surface area is 211 Å². The highest BCUT2D eigenvalue weighted by Crippen LogP contribution is 2.62. The zero-order chi connectivity index (χ0) is 24.9. The van der Waals surface area contributed by atoms with E-state index in [0.717, 1.165) is 12.8 Å². The Morgan fingerprint density at radius 1 is 1.24 bits per heavy atom. The average Bonchev–Trinajstić information content (AvgIpc) is 3.28. The summed E-state index contributed by atoms with van der Waals surface area (Å²) in [6.07, 6.45) is 4.59. The van der Waals surface area contributed by atoms with Crippen molar-refractivity contribution in [3.8, 4) is 0 Å². The smallest absolute Gasteiger partial charge is 0.310 e. The van der Waals surface area contributed by atoms with Gasteiger partial charge in [-0.05, 0) is 89.9 Å². The van der Waals surface area contributed by atoms with E-state index in [1.165, 1.54) is 16.8 Å². The summed E-state index contributed by atoms with van der Waals surface area (Å²) >= 11 is 3.36. The number of benzene rings is 1. The minimum Gasteiger partial charge on any atom is -0.466 e. The molecule has 7 nitrogen and oxygen atoms in total. The van der Waals surface area contributed by atoms with E-state index in [9.17, 15) is 18.0 Å². The zero-order valence-electron chi connectivity index (χ0n) is 20.4. The van der Waals surface area contributed by atoms with Gasteiger partial charge in [0, 0.05) is 29.2 Å². The third-order valence-electron chi connectivity index (χ3n) is 8.36. The maximum absolute atomic E-state index is 13.5. The van der Waals surface area contributed by atoms with Crippen LogP contribution in [0.3, 0.4) is 0 Å².